The highest BCUT2D eigenvalue weighted by atomic mass is 19.4. The zero-order valence-corrected chi connectivity index (χ0v) is 22.9. The number of pyridine rings is 1. The van der Waals surface area contributed by atoms with Crippen LogP contribution in [0, 0.1) is 11.8 Å². The number of piperazine rings is 1. The first-order valence-corrected chi connectivity index (χ1v) is 14.0. The van der Waals surface area contributed by atoms with E-state index in [0.717, 1.165) is 24.0 Å². The lowest BCUT2D eigenvalue weighted by molar-refractivity contribution is -0.193. The van der Waals surface area contributed by atoms with Gasteiger partial charge in [0.15, 0.2) is 0 Å². The van der Waals surface area contributed by atoms with Crippen molar-refractivity contribution >= 4 is 23.4 Å². The maximum Gasteiger partial charge on any atom is 0.490 e. The number of anilines is 1. The van der Waals surface area contributed by atoms with Crippen LogP contribution in [0.4, 0.5) is 32.2 Å². The van der Waals surface area contributed by atoms with Gasteiger partial charge in [0, 0.05) is 52.0 Å². The zero-order valence-electron chi connectivity index (χ0n) is 22.9. The van der Waals surface area contributed by atoms with E-state index < -0.39 is 24.3 Å². The molecule has 4 heterocycles. The van der Waals surface area contributed by atoms with Crippen LogP contribution in [0.5, 0.6) is 0 Å². The Bertz CT molecular complexity index is 1200. The fourth-order valence-corrected chi connectivity index (χ4v) is 5.22. The predicted octanol–water partition coefficient (Wildman–Crippen LogP) is 4.68. The normalized spacial score (nSPS) is 21.9. The van der Waals surface area contributed by atoms with Crippen molar-refractivity contribution in [1.82, 2.24) is 19.2 Å². The maximum atomic E-state index is 10.6. The lowest BCUT2D eigenvalue weighted by atomic mass is 10.1. The summed E-state index contributed by atoms with van der Waals surface area (Å²) >= 11 is 0. The molecule has 9 nitrogen and oxygen atoms in total. The summed E-state index contributed by atoms with van der Waals surface area (Å²) in [4.78, 5) is 30.9. The van der Waals surface area contributed by atoms with Crippen molar-refractivity contribution in [2.24, 2.45) is 11.8 Å². The Morgan fingerprint density at radius 2 is 1.38 bits per heavy atom. The Hall–Kier alpha value is -3.07. The molecule has 1 atom stereocenters. The van der Waals surface area contributed by atoms with E-state index in [9.17, 15) is 26.3 Å². The molecule has 0 bridgehead atoms. The van der Waals surface area contributed by atoms with Gasteiger partial charge in [-0.05, 0) is 62.5 Å². The van der Waals surface area contributed by atoms with Crippen molar-refractivity contribution in [3.8, 4) is 0 Å². The predicted molar refractivity (Wildman–Crippen MR) is 140 cm³/mol. The van der Waals surface area contributed by atoms with Crippen LogP contribution < -0.4 is 4.90 Å². The van der Waals surface area contributed by atoms with Crippen LogP contribution in [0.25, 0.3) is 5.65 Å². The van der Waals surface area contributed by atoms with Crippen LogP contribution in [-0.4, -0.2) is 99.5 Å². The Morgan fingerprint density at radius 1 is 0.833 bits per heavy atom. The second-order valence-corrected chi connectivity index (χ2v) is 11.2. The highest BCUT2D eigenvalue weighted by molar-refractivity contribution is 5.73. The van der Waals surface area contributed by atoms with Crippen LogP contribution in [0.1, 0.15) is 50.3 Å². The number of alkyl halides is 6. The maximum absolute atomic E-state index is 10.6. The molecule has 2 aliphatic heterocycles. The van der Waals surface area contributed by atoms with Gasteiger partial charge in [-0.25, -0.2) is 14.6 Å². The molecule has 2 aliphatic carbocycles. The molecule has 0 spiro atoms. The summed E-state index contributed by atoms with van der Waals surface area (Å²) in [6.07, 6.45) is 0.561. The van der Waals surface area contributed by atoms with E-state index in [1.165, 1.54) is 89.3 Å². The van der Waals surface area contributed by atoms with Gasteiger partial charge in [0.1, 0.15) is 11.5 Å². The number of fused-ring (bicyclic) bond motifs is 1. The number of carboxylic acids is 2. The SMILES string of the molecule is O=C(O)C(F)(F)F.O=C(O)C(F)(F)F.c1cc(N2CCCC2)n2cc(C3CN(CC4CC4)CCN3CC3CC3)nc2c1. The number of carboxylic acid groups (broad SMARTS) is 2. The van der Waals surface area contributed by atoms with Gasteiger partial charge in [0.05, 0.1) is 11.7 Å². The quantitative estimate of drug-likeness (QED) is 0.457. The largest absolute Gasteiger partial charge is 0.490 e. The smallest absolute Gasteiger partial charge is 0.475 e. The van der Waals surface area contributed by atoms with Gasteiger partial charge in [-0.1, -0.05) is 6.07 Å². The molecule has 234 valence electrons. The Kier molecular flexibility index (Phi) is 9.91. The van der Waals surface area contributed by atoms with Crippen LogP contribution in [0.15, 0.2) is 24.4 Å². The van der Waals surface area contributed by atoms with Crippen molar-refractivity contribution in [1.29, 1.82) is 0 Å². The molecular formula is C27H35F6N5O4. The third-order valence-corrected chi connectivity index (χ3v) is 7.72. The van der Waals surface area contributed by atoms with E-state index >= 15 is 0 Å². The number of imidazole rings is 1. The summed E-state index contributed by atoms with van der Waals surface area (Å²) in [6, 6.07) is 7.09. The van der Waals surface area contributed by atoms with Crippen molar-refractivity contribution < 1.29 is 46.1 Å². The minimum absolute atomic E-state index is 0.458. The first kappa shape index (κ1) is 31.9. The molecule has 4 aliphatic rings. The third kappa shape index (κ3) is 8.96. The summed E-state index contributed by atoms with van der Waals surface area (Å²) in [5, 5.41) is 14.2. The summed E-state index contributed by atoms with van der Waals surface area (Å²) in [7, 11) is 0. The van der Waals surface area contributed by atoms with Crippen molar-refractivity contribution in [2.45, 2.75) is 56.9 Å². The number of halogens is 6. The van der Waals surface area contributed by atoms with Crippen LogP contribution in [-0.2, 0) is 9.59 Å². The average Bonchev–Trinajstić information content (AvgIpc) is 3.80. The molecule has 2 saturated heterocycles. The number of rotatable bonds is 6. The number of aromatic nitrogens is 2. The van der Waals surface area contributed by atoms with E-state index in [2.05, 4.69) is 43.5 Å². The molecule has 2 aromatic rings. The van der Waals surface area contributed by atoms with Gasteiger partial charge < -0.3 is 15.1 Å². The van der Waals surface area contributed by atoms with Crippen molar-refractivity contribution in [2.75, 3.05) is 50.7 Å². The molecule has 2 aromatic heterocycles. The van der Waals surface area contributed by atoms with E-state index in [4.69, 9.17) is 24.8 Å². The fraction of sp³-hybridized carbons (Fsp3) is 0.667. The minimum Gasteiger partial charge on any atom is -0.475 e. The van der Waals surface area contributed by atoms with E-state index in [0.29, 0.717) is 6.04 Å². The Labute approximate surface area is 238 Å². The molecule has 15 heteroatoms. The molecular weight excluding hydrogens is 572 g/mol. The van der Waals surface area contributed by atoms with Gasteiger partial charge in [0.2, 0.25) is 0 Å². The minimum atomic E-state index is -5.08. The number of hydrogen-bond donors (Lipinski definition) is 2. The topological polar surface area (TPSA) is 102 Å². The number of nitrogens with zero attached hydrogens (tertiary/aromatic N) is 5. The molecule has 0 aromatic carbocycles. The molecule has 42 heavy (non-hydrogen) atoms. The first-order valence-electron chi connectivity index (χ1n) is 14.0. The van der Waals surface area contributed by atoms with Gasteiger partial charge in [-0.2, -0.15) is 26.3 Å². The molecule has 0 radical (unpaired) electrons. The van der Waals surface area contributed by atoms with Gasteiger partial charge >= 0.3 is 24.3 Å². The van der Waals surface area contributed by atoms with Crippen LogP contribution in [0.2, 0.25) is 0 Å². The van der Waals surface area contributed by atoms with Crippen molar-refractivity contribution in [3.63, 3.8) is 0 Å². The van der Waals surface area contributed by atoms with Gasteiger partial charge in [-0.3, -0.25) is 14.2 Å². The Balaban J connectivity index is 0.000000243. The van der Waals surface area contributed by atoms with E-state index in [-0.39, 0.29) is 0 Å². The van der Waals surface area contributed by atoms with Crippen molar-refractivity contribution in [3.05, 3.63) is 30.1 Å². The van der Waals surface area contributed by atoms with Crippen LogP contribution in [0.3, 0.4) is 0 Å². The highest BCUT2D eigenvalue weighted by Crippen LogP contribution is 2.36. The van der Waals surface area contributed by atoms with Gasteiger partial charge in [-0.15, -0.1) is 0 Å². The summed E-state index contributed by atoms with van der Waals surface area (Å²) in [6.45, 7) is 8.55. The van der Waals surface area contributed by atoms with E-state index in [1.54, 1.807) is 0 Å². The Morgan fingerprint density at radius 3 is 1.90 bits per heavy atom. The monoisotopic (exact) mass is 607 g/mol. The van der Waals surface area contributed by atoms with E-state index in [1.807, 2.05) is 0 Å². The molecule has 2 saturated carbocycles. The molecule has 1 unspecified atom stereocenters. The average molecular weight is 608 g/mol. The standard InChI is InChI=1S/C23H33N5.2C2HF3O2/c1-2-11-26(10-1)23-5-3-4-22-24-20(16-28(22)23)21-17-25(14-18-6-7-18)12-13-27(21)15-19-8-9-19;2*3-2(4,5)1(6)7/h3-5,16,18-19,21H,1-2,6-15,17H2;2*(H,6,7). The molecule has 2 N–H and O–H groups in total. The second kappa shape index (κ2) is 13.1. The fourth-order valence-electron chi connectivity index (χ4n) is 5.22. The summed E-state index contributed by atoms with van der Waals surface area (Å²) in [5.74, 6) is -2.28. The highest BCUT2D eigenvalue weighted by Gasteiger charge is 2.39. The lowest BCUT2D eigenvalue weighted by Crippen LogP contribution is -2.49. The third-order valence-electron chi connectivity index (χ3n) is 7.72. The number of aliphatic carboxylic acids is 2. The zero-order chi connectivity index (χ0) is 30.7. The summed E-state index contributed by atoms with van der Waals surface area (Å²) < 4.78 is 65.8. The van der Waals surface area contributed by atoms with Gasteiger partial charge in [0.25, 0.3) is 0 Å². The second-order valence-electron chi connectivity index (χ2n) is 11.2. The molecule has 0 amide bonds. The number of carbonyl (C=O) groups is 2. The summed E-state index contributed by atoms with van der Waals surface area (Å²) in [5.41, 5.74) is 2.40. The van der Waals surface area contributed by atoms with Crippen LogP contribution >= 0.6 is 0 Å². The molecule has 6 rings (SSSR count). The first-order chi connectivity index (χ1) is 19.7. The molecule has 4 fully saturated rings. The lowest BCUT2D eigenvalue weighted by Gasteiger charge is -2.41. The number of hydrogen-bond acceptors (Lipinski definition) is 6.